The molecule has 0 bridgehead atoms. The van der Waals surface area contributed by atoms with Crippen molar-refractivity contribution in [1.82, 2.24) is 9.80 Å². The molecule has 136 valence electrons. The number of esters is 1. The summed E-state index contributed by atoms with van der Waals surface area (Å²) in [6.07, 6.45) is 4.49. The maximum atomic E-state index is 12.3. The molecule has 0 atom stereocenters. The second kappa shape index (κ2) is 7.51. The molecule has 0 N–H and O–H groups in total. The van der Waals surface area contributed by atoms with Crippen molar-refractivity contribution in [3.05, 3.63) is 47.5 Å². The Morgan fingerprint density at radius 2 is 1.77 bits per heavy atom. The van der Waals surface area contributed by atoms with E-state index in [1.807, 2.05) is 0 Å². The van der Waals surface area contributed by atoms with Crippen LogP contribution in [-0.2, 0) is 9.53 Å². The summed E-state index contributed by atoms with van der Waals surface area (Å²) in [5.41, 5.74) is 0.545. The van der Waals surface area contributed by atoms with Gasteiger partial charge in [0, 0.05) is 19.6 Å². The highest BCUT2D eigenvalue weighted by molar-refractivity contribution is 6.22. The number of carbonyl (C=O) groups excluding carboxylic acids is 4. The fraction of sp³-hybridized carbons (Fsp3) is 0.368. The Hall–Kier alpha value is -2.96. The molecule has 0 saturated carbocycles. The van der Waals surface area contributed by atoms with Gasteiger partial charge in [-0.3, -0.25) is 19.3 Å². The lowest BCUT2D eigenvalue weighted by Gasteiger charge is -2.26. The fourth-order valence-electron chi connectivity index (χ4n) is 3.16. The van der Waals surface area contributed by atoms with Crippen molar-refractivity contribution in [3.8, 4) is 0 Å². The van der Waals surface area contributed by atoms with Gasteiger partial charge in [0.2, 0.25) is 0 Å². The molecular formula is C19H20N2O5. The number of rotatable bonds is 5. The number of benzene rings is 1. The summed E-state index contributed by atoms with van der Waals surface area (Å²) in [6.45, 7) is 4.68. The first kappa shape index (κ1) is 17.8. The first-order chi connectivity index (χ1) is 12.5. The topological polar surface area (TPSA) is 84.0 Å². The lowest BCUT2D eigenvalue weighted by molar-refractivity contribution is -0.135. The van der Waals surface area contributed by atoms with E-state index in [4.69, 9.17) is 4.74 Å². The molecule has 3 amide bonds. The van der Waals surface area contributed by atoms with Crippen molar-refractivity contribution < 1.29 is 23.9 Å². The van der Waals surface area contributed by atoms with Gasteiger partial charge in [-0.05, 0) is 37.5 Å². The van der Waals surface area contributed by atoms with Crippen LogP contribution < -0.4 is 0 Å². The van der Waals surface area contributed by atoms with Crippen LogP contribution in [0.3, 0.4) is 0 Å². The van der Waals surface area contributed by atoms with Crippen molar-refractivity contribution in [2.75, 3.05) is 26.2 Å². The van der Waals surface area contributed by atoms with Crippen LogP contribution in [0.5, 0.6) is 0 Å². The summed E-state index contributed by atoms with van der Waals surface area (Å²) >= 11 is 0. The molecule has 0 radical (unpaired) electrons. The van der Waals surface area contributed by atoms with Gasteiger partial charge in [-0.2, -0.15) is 0 Å². The highest BCUT2D eigenvalue weighted by atomic mass is 16.5. The van der Waals surface area contributed by atoms with Crippen LogP contribution in [0.2, 0.25) is 0 Å². The van der Waals surface area contributed by atoms with Gasteiger partial charge in [0.1, 0.15) is 0 Å². The van der Waals surface area contributed by atoms with E-state index in [1.54, 1.807) is 4.90 Å². The van der Waals surface area contributed by atoms with E-state index in [0.717, 1.165) is 24.2 Å². The molecule has 0 aromatic heterocycles. The van der Waals surface area contributed by atoms with E-state index < -0.39 is 17.8 Å². The molecule has 1 aromatic rings. The highest BCUT2D eigenvalue weighted by Crippen LogP contribution is 2.24. The predicted octanol–water partition coefficient (Wildman–Crippen LogP) is 1.64. The SMILES string of the molecule is C=CCN1C(=O)c2ccc(C(=O)OCC(=O)N3CCCCC3)cc2C1=O. The summed E-state index contributed by atoms with van der Waals surface area (Å²) in [5.74, 6) is -1.79. The number of nitrogens with zero attached hydrogens (tertiary/aromatic N) is 2. The molecule has 7 heteroatoms. The average molecular weight is 356 g/mol. The van der Waals surface area contributed by atoms with Crippen molar-refractivity contribution >= 4 is 23.7 Å². The average Bonchev–Trinajstić information content (AvgIpc) is 2.91. The second-order valence-corrected chi connectivity index (χ2v) is 6.29. The Morgan fingerprint density at radius 1 is 1.08 bits per heavy atom. The first-order valence-electron chi connectivity index (χ1n) is 8.59. The number of amides is 3. The Bertz CT molecular complexity index is 780. The number of ether oxygens (including phenoxy) is 1. The Balaban J connectivity index is 1.66. The molecule has 1 aromatic carbocycles. The number of fused-ring (bicyclic) bond motifs is 1. The molecule has 0 spiro atoms. The molecule has 26 heavy (non-hydrogen) atoms. The minimum Gasteiger partial charge on any atom is -0.452 e. The van der Waals surface area contributed by atoms with E-state index in [2.05, 4.69) is 6.58 Å². The van der Waals surface area contributed by atoms with Gasteiger partial charge in [0.05, 0.1) is 16.7 Å². The van der Waals surface area contributed by atoms with E-state index in [0.29, 0.717) is 13.1 Å². The molecule has 2 aliphatic heterocycles. The summed E-state index contributed by atoms with van der Waals surface area (Å²) < 4.78 is 5.08. The Kier molecular flexibility index (Phi) is 5.16. The number of hydrogen-bond donors (Lipinski definition) is 0. The van der Waals surface area contributed by atoms with Gasteiger partial charge in [0.25, 0.3) is 17.7 Å². The van der Waals surface area contributed by atoms with Crippen LogP contribution in [-0.4, -0.2) is 59.7 Å². The Labute approximate surface area is 151 Å². The molecule has 7 nitrogen and oxygen atoms in total. The van der Waals surface area contributed by atoms with E-state index in [1.165, 1.54) is 24.3 Å². The second-order valence-electron chi connectivity index (χ2n) is 6.29. The standard InChI is InChI=1S/C19H20N2O5/c1-2-8-21-17(23)14-7-6-13(11-15(14)18(21)24)19(25)26-12-16(22)20-9-4-3-5-10-20/h2,6-7,11H,1,3-5,8-10,12H2. The quantitative estimate of drug-likeness (QED) is 0.455. The third-order valence-electron chi connectivity index (χ3n) is 4.55. The zero-order valence-corrected chi connectivity index (χ0v) is 14.4. The van der Waals surface area contributed by atoms with Gasteiger partial charge >= 0.3 is 5.97 Å². The molecule has 1 saturated heterocycles. The molecule has 2 aliphatic rings. The van der Waals surface area contributed by atoms with Crippen molar-refractivity contribution in [2.45, 2.75) is 19.3 Å². The lowest BCUT2D eigenvalue weighted by atomic mass is 10.1. The number of piperidine rings is 1. The Morgan fingerprint density at radius 3 is 2.46 bits per heavy atom. The van der Waals surface area contributed by atoms with Gasteiger partial charge < -0.3 is 9.64 Å². The van der Waals surface area contributed by atoms with Gasteiger partial charge in [-0.15, -0.1) is 6.58 Å². The van der Waals surface area contributed by atoms with Crippen LogP contribution in [0.15, 0.2) is 30.9 Å². The molecule has 1 fully saturated rings. The van der Waals surface area contributed by atoms with Crippen molar-refractivity contribution in [2.24, 2.45) is 0 Å². The fourth-order valence-corrected chi connectivity index (χ4v) is 3.16. The largest absolute Gasteiger partial charge is 0.452 e. The van der Waals surface area contributed by atoms with Gasteiger partial charge in [-0.25, -0.2) is 4.79 Å². The number of imide groups is 1. The third kappa shape index (κ3) is 3.37. The van der Waals surface area contributed by atoms with Crippen molar-refractivity contribution in [3.63, 3.8) is 0 Å². The van der Waals surface area contributed by atoms with Crippen LogP contribution in [0.4, 0.5) is 0 Å². The van der Waals surface area contributed by atoms with Crippen LogP contribution in [0.1, 0.15) is 50.3 Å². The van der Waals surface area contributed by atoms with Gasteiger partial charge in [0.15, 0.2) is 6.61 Å². The first-order valence-corrected chi connectivity index (χ1v) is 8.59. The number of carbonyl (C=O) groups is 4. The zero-order chi connectivity index (χ0) is 18.7. The molecule has 0 unspecified atom stereocenters. The molecule has 2 heterocycles. The van der Waals surface area contributed by atoms with E-state index >= 15 is 0 Å². The summed E-state index contributed by atoms with van der Waals surface area (Å²) in [5, 5.41) is 0. The normalized spacial score (nSPS) is 16.5. The lowest BCUT2D eigenvalue weighted by Crippen LogP contribution is -2.38. The summed E-state index contributed by atoms with van der Waals surface area (Å²) in [4.78, 5) is 51.5. The third-order valence-corrected chi connectivity index (χ3v) is 4.55. The monoisotopic (exact) mass is 356 g/mol. The molecule has 3 rings (SSSR count). The number of hydrogen-bond acceptors (Lipinski definition) is 5. The minimum absolute atomic E-state index is 0.108. The maximum Gasteiger partial charge on any atom is 0.338 e. The molecule has 0 aliphatic carbocycles. The summed E-state index contributed by atoms with van der Waals surface area (Å²) in [6, 6.07) is 4.20. The van der Waals surface area contributed by atoms with E-state index in [9.17, 15) is 19.2 Å². The predicted molar refractivity (Wildman–Crippen MR) is 92.7 cm³/mol. The van der Waals surface area contributed by atoms with E-state index in [-0.39, 0.29) is 35.7 Å². The van der Waals surface area contributed by atoms with Gasteiger partial charge in [-0.1, -0.05) is 6.08 Å². The zero-order valence-electron chi connectivity index (χ0n) is 14.4. The highest BCUT2D eigenvalue weighted by Gasteiger charge is 2.35. The smallest absolute Gasteiger partial charge is 0.338 e. The number of likely N-dealkylation sites (tertiary alicyclic amines) is 1. The molecular weight excluding hydrogens is 336 g/mol. The van der Waals surface area contributed by atoms with Crippen LogP contribution in [0, 0.1) is 0 Å². The van der Waals surface area contributed by atoms with Crippen LogP contribution >= 0.6 is 0 Å². The maximum absolute atomic E-state index is 12.3. The van der Waals surface area contributed by atoms with Crippen molar-refractivity contribution in [1.29, 1.82) is 0 Å². The summed E-state index contributed by atoms with van der Waals surface area (Å²) in [7, 11) is 0. The minimum atomic E-state index is -0.694. The van der Waals surface area contributed by atoms with Crippen LogP contribution in [0.25, 0.3) is 0 Å².